The minimum Gasteiger partial charge on any atom is -0.455 e. The average Bonchev–Trinajstić information content (AvgIpc) is 1.58. The standard InChI is InChI=1S/2C48H32N2O.C42H27NOS/c1-4-14-33(15-5-1)34-24-27-38(28-25-34)49(36-16-6-2-7-17-36)39-31-43(48-44(32-39)42-21-11-13-23-47(42)51-48)35-26-29-41-40-20-10-12-22-45(40)50(46(41)30-35)37-18-8-3-9-19-37;1-3-13-33(14-4-1)34-23-27-37(28-24-34)49(36-15-5-2-6-16-36)39-31-43(48-44(32-39)42-19-9-12-22-47(42)51-48)35-25-29-38(30-26-35)50-45-20-10-7-17-40(45)41-18-8-11-21-46(41)50;1-3-11-28(12-4-1)29-19-22-32(23-20-29)43(31-13-5-2-6-14-31)33-26-36(42-38(27-33)34-15-7-9-17-39(34)44-42)30-21-24-41-37(25-30)35-16-8-10-18-40(35)45-41/h2*1-32H;1-27H. The molecule has 0 aliphatic carbocycles. The Hall–Kier alpha value is -19.3. The van der Waals surface area contributed by atoms with Crippen LogP contribution in [0.1, 0.15) is 0 Å². The van der Waals surface area contributed by atoms with Gasteiger partial charge in [-0.1, -0.05) is 358 Å². The Morgan fingerprint density at radius 1 is 0.150 bits per heavy atom. The van der Waals surface area contributed by atoms with Gasteiger partial charge in [0.05, 0.1) is 22.1 Å². The van der Waals surface area contributed by atoms with Crippen molar-refractivity contribution in [2.24, 2.45) is 0 Å². The van der Waals surface area contributed by atoms with Gasteiger partial charge in [0.15, 0.2) is 0 Å². The molecular formula is C138H91N5O3S. The second kappa shape index (κ2) is 37.3. The summed E-state index contributed by atoms with van der Waals surface area (Å²) >= 11 is 1.84. The third-order valence-corrected chi connectivity index (χ3v) is 29.8. The molecule has 6 heterocycles. The lowest BCUT2D eigenvalue weighted by atomic mass is 9.98. The van der Waals surface area contributed by atoms with Crippen LogP contribution >= 0.6 is 11.3 Å². The van der Waals surface area contributed by atoms with Crippen molar-refractivity contribution in [3.63, 3.8) is 0 Å². The van der Waals surface area contributed by atoms with E-state index < -0.39 is 0 Å². The van der Waals surface area contributed by atoms with Crippen LogP contribution in [-0.2, 0) is 0 Å². The number of hydrogen-bond donors (Lipinski definition) is 0. The van der Waals surface area contributed by atoms with Crippen LogP contribution in [0.5, 0.6) is 0 Å². The van der Waals surface area contributed by atoms with E-state index in [9.17, 15) is 0 Å². The molecule has 692 valence electrons. The number of aromatic nitrogens is 2. The molecule has 147 heavy (non-hydrogen) atoms. The molecule has 0 amide bonds. The van der Waals surface area contributed by atoms with Gasteiger partial charge in [-0.05, 0) is 244 Å². The molecule has 0 saturated carbocycles. The van der Waals surface area contributed by atoms with Crippen LogP contribution in [0.25, 0.3) is 208 Å². The predicted octanol–water partition coefficient (Wildman–Crippen LogP) is 39.7. The highest BCUT2D eigenvalue weighted by atomic mass is 32.1. The van der Waals surface area contributed by atoms with Crippen LogP contribution in [0, 0.1) is 0 Å². The zero-order chi connectivity index (χ0) is 97.2. The molecule has 0 fully saturated rings. The van der Waals surface area contributed by atoms with E-state index in [1.54, 1.807) is 0 Å². The molecule has 29 aromatic rings. The molecule has 0 unspecified atom stereocenters. The van der Waals surface area contributed by atoms with Gasteiger partial charge in [-0.25, -0.2) is 0 Å². The molecule has 0 atom stereocenters. The first kappa shape index (κ1) is 86.8. The molecule has 0 bridgehead atoms. The van der Waals surface area contributed by atoms with E-state index in [-0.39, 0.29) is 0 Å². The van der Waals surface area contributed by atoms with Crippen LogP contribution < -0.4 is 14.7 Å². The van der Waals surface area contributed by atoms with Crippen LogP contribution in [0.15, 0.2) is 565 Å². The lowest BCUT2D eigenvalue weighted by Gasteiger charge is -2.26. The molecule has 0 spiro atoms. The number of benzene rings is 23. The summed E-state index contributed by atoms with van der Waals surface area (Å²) in [4.78, 5) is 7.03. The van der Waals surface area contributed by atoms with Crippen molar-refractivity contribution in [2.75, 3.05) is 14.7 Å². The minimum absolute atomic E-state index is 0.879. The van der Waals surface area contributed by atoms with Gasteiger partial charge in [0.1, 0.15) is 33.5 Å². The zero-order valence-corrected chi connectivity index (χ0v) is 80.7. The number of nitrogens with zero attached hydrogens (tertiary/aromatic N) is 5. The first-order chi connectivity index (χ1) is 72.9. The Kier molecular flexibility index (Phi) is 22.0. The molecular weight excluding hydrogens is 1810 g/mol. The van der Waals surface area contributed by atoms with Crippen LogP contribution in [-0.4, -0.2) is 9.13 Å². The summed E-state index contributed by atoms with van der Waals surface area (Å²) in [6.07, 6.45) is 0. The second-order valence-corrected chi connectivity index (χ2v) is 38.4. The van der Waals surface area contributed by atoms with E-state index in [4.69, 9.17) is 13.3 Å². The molecule has 8 nitrogen and oxygen atoms in total. The van der Waals surface area contributed by atoms with Crippen molar-refractivity contribution in [1.29, 1.82) is 0 Å². The first-order valence-electron chi connectivity index (χ1n) is 49.9. The molecule has 0 saturated heterocycles. The monoisotopic (exact) mass is 1900 g/mol. The van der Waals surface area contributed by atoms with E-state index in [0.717, 1.165) is 167 Å². The summed E-state index contributed by atoms with van der Waals surface area (Å²) in [7, 11) is 0. The predicted molar refractivity (Wildman–Crippen MR) is 619 cm³/mol. The summed E-state index contributed by atoms with van der Waals surface area (Å²) in [5.74, 6) is 0. The Bertz CT molecular complexity index is 9900. The van der Waals surface area contributed by atoms with Gasteiger partial charge in [0.25, 0.3) is 0 Å². The maximum absolute atomic E-state index is 6.71. The van der Waals surface area contributed by atoms with E-state index in [1.165, 1.54) is 91.6 Å². The van der Waals surface area contributed by atoms with Crippen molar-refractivity contribution in [2.45, 2.75) is 0 Å². The molecule has 23 aromatic carbocycles. The number of fused-ring (bicyclic) bond motifs is 18. The highest BCUT2D eigenvalue weighted by molar-refractivity contribution is 7.25. The average molecular weight is 1900 g/mol. The van der Waals surface area contributed by atoms with Crippen LogP contribution in [0.3, 0.4) is 0 Å². The number of furan rings is 3. The van der Waals surface area contributed by atoms with Crippen molar-refractivity contribution in [3.05, 3.63) is 552 Å². The van der Waals surface area contributed by atoms with E-state index in [0.29, 0.717) is 0 Å². The van der Waals surface area contributed by atoms with Gasteiger partial charge in [0, 0.05) is 153 Å². The van der Waals surface area contributed by atoms with Crippen molar-refractivity contribution in [1.82, 2.24) is 9.13 Å². The fourth-order valence-corrected chi connectivity index (χ4v) is 22.8. The maximum atomic E-state index is 6.71. The van der Waals surface area contributed by atoms with Crippen LogP contribution in [0.2, 0.25) is 0 Å². The number of hydrogen-bond acceptors (Lipinski definition) is 7. The van der Waals surface area contributed by atoms with Gasteiger partial charge < -0.3 is 37.1 Å². The normalized spacial score (nSPS) is 11.5. The highest BCUT2D eigenvalue weighted by Crippen LogP contribution is 2.51. The number of thiophene rings is 1. The Morgan fingerprint density at radius 2 is 0.415 bits per heavy atom. The maximum Gasteiger partial charge on any atom is 0.143 e. The summed E-state index contributed by atoms with van der Waals surface area (Å²) in [6.45, 7) is 0. The van der Waals surface area contributed by atoms with Gasteiger partial charge in [0.2, 0.25) is 0 Å². The molecule has 0 aliphatic rings. The fraction of sp³-hybridized carbons (Fsp3) is 0. The quantitative estimate of drug-likeness (QED) is 0.0905. The molecule has 0 radical (unpaired) electrons. The van der Waals surface area contributed by atoms with E-state index in [2.05, 4.69) is 558 Å². The largest absolute Gasteiger partial charge is 0.455 e. The molecule has 0 aliphatic heterocycles. The van der Waals surface area contributed by atoms with Gasteiger partial charge in [-0.15, -0.1) is 11.3 Å². The fourth-order valence-electron chi connectivity index (χ4n) is 21.7. The number of rotatable bonds is 17. The third kappa shape index (κ3) is 15.9. The minimum atomic E-state index is 0.879. The Morgan fingerprint density at radius 3 is 0.810 bits per heavy atom. The van der Waals surface area contributed by atoms with E-state index in [1.807, 2.05) is 29.5 Å². The lowest BCUT2D eigenvalue weighted by molar-refractivity contribution is 0.669. The van der Waals surface area contributed by atoms with Crippen molar-refractivity contribution in [3.8, 4) is 78.1 Å². The first-order valence-corrected chi connectivity index (χ1v) is 50.7. The molecule has 0 N–H and O–H groups in total. The topological polar surface area (TPSA) is 59.0 Å². The van der Waals surface area contributed by atoms with Crippen LogP contribution in [0.4, 0.5) is 51.2 Å². The second-order valence-electron chi connectivity index (χ2n) is 37.3. The molecule has 29 rings (SSSR count). The summed E-state index contributed by atoms with van der Waals surface area (Å²) in [6, 6.07) is 197. The van der Waals surface area contributed by atoms with Crippen molar-refractivity contribution < 1.29 is 13.3 Å². The highest BCUT2D eigenvalue weighted by Gasteiger charge is 2.27. The Labute approximate surface area is 853 Å². The lowest BCUT2D eigenvalue weighted by Crippen LogP contribution is -2.10. The Balaban J connectivity index is 0.000000109. The molecule has 6 aromatic heterocycles. The van der Waals surface area contributed by atoms with Gasteiger partial charge in [-0.3, -0.25) is 0 Å². The van der Waals surface area contributed by atoms with Crippen molar-refractivity contribution >= 4 is 192 Å². The summed E-state index contributed by atoms with van der Waals surface area (Å²) in [5.41, 5.74) is 35.8. The van der Waals surface area contributed by atoms with E-state index >= 15 is 0 Å². The number of para-hydroxylation sites is 10. The zero-order valence-electron chi connectivity index (χ0n) is 79.9. The summed E-state index contributed by atoms with van der Waals surface area (Å²) < 4.78 is 27.3. The van der Waals surface area contributed by atoms with Gasteiger partial charge in [-0.2, -0.15) is 0 Å². The summed E-state index contributed by atoms with van der Waals surface area (Å²) in [5, 5.41) is 14.1. The smallest absolute Gasteiger partial charge is 0.143 e. The van der Waals surface area contributed by atoms with Gasteiger partial charge >= 0.3 is 0 Å². The number of anilines is 9. The SMILES string of the molecule is c1ccc(-c2ccc(N(c3ccccc3)c3cc(-c4ccc(-n5c6ccccc6c6ccccc65)cc4)c4oc5ccccc5c4c3)cc2)cc1.c1ccc(-c2ccc(N(c3ccccc3)c3cc(-c4ccc5c6ccccc6n(-c6ccccc6)c5c4)c4oc5ccccc5c4c3)cc2)cc1.c1ccc(-c2ccc(N(c3ccccc3)c3cc(-c4ccc5sc6ccccc6c5c4)c4oc5ccccc5c4c3)cc2)cc1. The molecule has 9 heteroatoms. The third-order valence-electron chi connectivity index (χ3n) is 28.6.